The number of pyridine rings is 1. The van der Waals surface area contributed by atoms with E-state index in [0.29, 0.717) is 29.8 Å². The molecule has 1 saturated heterocycles. The number of rotatable bonds is 36. The van der Waals surface area contributed by atoms with Gasteiger partial charge in [0.15, 0.2) is 17.3 Å². The third-order valence-electron chi connectivity index (χ3n) is 17.1. The summed E-state index contributed by atoms with van der Waals surface area (Å²) in [5, 5.41) is 56.6. The van der Waals surface area contributed by atoms with E-state index in [1.54, 1.807) is 88.5 Å². The fourth-order valence-electron chi connectivity index (χ4n) is 11.2. The van der Waals surface area contributed by atoms with Gasteiger partial charge < -0.3 is 79.3 Å². The zero-order valence-electron chi connectivity index (χ0n) is 58.6. The minimum Gasteiger partial charge on any atom is -0.391 e. The largest absolute Gasteiger partial charge is 0.391 e. The Morgan fingerprint density at radius 1 is 0.627 bits per heavy atom. The molecule has 0 radical (unpaired) electrons. The highest BCUT2D eigenvalue weighted by Gasteiger charge is 2.39. The van der Waals surface area contributed by atoms with Gasteiger partial charge in [0, 0.05) is 61.5 Å². The lowest BCUT2D eigenvalue weighted by Crippen LogP contribution is -2.60. The molecular formula is C67H102N14O19S2. The summed E-state index contributed by atoms with van der Waals surface area (Å²) >= 11 is 0. The molecule has 4 rings (SSSR count). The molecule has 566 valence electrons. The molecule has 35 heteroatoms. The molecular weight excluding hydrogens is 1370 g/mol. The molecule has 3 aromatic rings. The number of hydrogen-bond acceptors (Lipinski definition) is 23. The second-order valence-corrected chi connectivity index (χ2v) is 28.2. The van der Waals surface area contributed by atoms with Gasteiger partial charge in [0.2, 0.25) is 47.3 Å². The monoisotopic (exact) mass is 1470 g/mol. The van der Waals surface area contributed by atoms with E-state index in [-0.39, 0.29) is 64.0 Å². The van der Waals surface area contributed by atoms with Crippen LogP contribution in [0.5, 0.6) is 0 Å². The number of amides is 8. The number of nitrogens with one attached hydrogen (secondary N) is 13. The molecule has 1 aromatic heterocycles. The number of aromatic nitrogens is 1. The van der Waals surface area contributed by atoms with Crippen LogP contribution >= 0.6 is 0 Å². The van der Waals surface area contributed by atoms with Gasteiger partial charge in [-0.05, 0) is 123 Å². The van der Waals surface area contributed by atoms with Crippen molar-refractivity contribution in [2.24, 2.45) is 23.7 Å². The SMILES string of the molecule is CCNCC[C@@H]1NC(=O)[C@H]([C@@H](C)CC)CC(=O)[C@@H](Cc2ccccc2)NC(=O)[C@H](CCNC)NC(=O)[C@@H](NC(=O)[C@H](CNC)CC(=O)[C@@H](NC(=O)[C@H](CCNCS(=O)(=O)O)CC(=O)c2ccnc(-c3ccccc3)c2)[C@@H](C)O)CCNC(=O)[C@H]([C@@H](C)O)NC(=O)[C@H](CCNCS(=O)(=O)O)NC1=O. The van der Waals surface area contributed by atoms with Crippen molar-refractivity contribution in [3.63, 3.8) is 0 Å². The Morgan fingerprint density at radius 2 is 1.19 bits per heavy atom. The smallest absolute Gasteiger partial charge is 0.278 e. The fraction of sp³-hybridized carbons (Fsp3) is 0.582. The maximum atomic E-state index is 14.9. The highest BCUT2D eigenvalue weighted by molar-refractivity contribution is 7.85. The Labute approximate surface area is 595 Å². The van der Waals surface area contributed by atoms with Crippen molar-refractivity contribution in [2.75, 3.05) is 71.7 Å². The molecule has 2 aromatic carbocycles. The van der Waals surface area contributed by atoms with Crippen LogP contribution < -0.4 is 69.1 Å². The van der Waals surface area contributed by atoms with Crippen molar-refractivity contribution >= 4 is 84.8 Å². The number of carbonyl (C=O) groups is 11. The Balaban J connectivity index is 1.78. The Bertz CT molecular complexity index is 3500. The lowest BCUT2D eigenvalue weighted by Gasteiger charge is -2.29. The van der Waals surface area contributed by atoms with Crippen LogP contribution in [-0.2, 0) is 74.6 Å². The first kappa shape index (κ1) is 86.3. The van der Waals surface area contributed by atoms with Crippen LogP contribution in [-0.4, -0.2) is 232 Å². The molecule has 1 aliphatic rings. The number of carbonyl (C=O) groups excluding carboxylic acids is 11. The number of Topliss-reactive ketones (excluding diaryl/α,β-unsaturated/α-hetero) is 3. The number of aliphatic hydroxyl groups is 2. The van der Waals surface area contributed by atoms with Gasteiger partial charge in [-0.15, -0.1) is 0 Å². The van der Waals surface area contributed by atoms with Gasteiger partial charge in [-0.25, -0.2) is 0 Å². The molecule has 0 aliphatic carbocycles. The van der Waals surface area contributed by atoms with E-state index in [4.69, 9.17) is 0 Å². The molecule has 1 aliphatic heterocycles. The van der Waals surface area contributed by atoms with Crippen LogP contribution in [0.1, 0.15) is 108 Å². The topological polar surface area (TPSA) is 506 Å². The summed E-state index contributed by atoms with van der Waals surface area (Å²) in [6, 6.07) is 9.34. The van der Waals surface area contributed by atoms with E-state index in [1.165, 1.54) is 32.3 Å². The first-order valence-corrected chi connectivity index (χ1v) is 37.2. The minimum atomic E-state index is -4.58. The molecule has 1 fully saturated rings. The van der Waals surface area contributed by atoms with Crippen molar-refractivity contribution in [1.29, 1.82) is 0 Å². The van der Waals surface area contributed by atoms with E-state index in [2.05, 4.69) is 74.1 Å². The van der Waals surface area contributed by atoms with Crippen LogP contribution in [0, 0.1) is 23.7 Å². The zero-order chi connectivity index (χ0) is 75.7. The number of aliphatic hydroxyl groups excluding tert-OH is 2. The van der Waals surface area contributed by atoms with Gasteiger partial charge >= 0.3 is 0 Å². The van der Waals surface area contributed by atoms with Crippen molar-refractivity contribution in [2.45, 2.75) is 153 Å². The number of hydrogen-bond donors (Lipinski definition) is 17. The first-order chi connectivity index (χ1) is 48.3. The predicted molar refractivity (Wildman–Crippen MR) is 376 cm³/mol. The van der Waals surface area contributed by atoms with Crippen LogP contribution in [0.3, 0.4) is 0 Å². The summed E-state index contributed by atoms with van der Waals surface area (Å²) in [6.45, 7) is 6.95. The average molecular weight is 1470 g/mol. The summed E-state index contributed by atoms with van der Waals surface area (Å²) in [5.74, 6) is -15.9. The summed E-state index contributed by atoms with van der Waals surface area (Å²) in [7, 11) is -6.08. The molecule has 13 atom stereocenters. The third kappa shape index (κ3) is 30.5. The van der Waals surface area contributed by atoms with Crippen LogP contribution in [0.2, 0.25) is 0 Å². The molecule has 0 saturated carbocycles. The Morgan fingerprint density at radius 3 is 1.75 bits per heavy atom. The number of nitrogens with zero attached hydrogens (tertiary/aromatic N) is 1. The van der Waals surface area contributed by atoms with Gasteiger partial charge in [-0.1, -0.05) is 87.9 Å². The van der Waals surface area contributed by atoms with Crippen molar-refractivity contribution in [1.82, 2.24) is 74.1 Å². The van der Waals surface area contributed by atoms with Crippen molar-refractivity contribution < 1.29 is 88.9 Å². The van der Waals surface area contributed by atoms with Crippen LogP contribution in [0.25, 0.3) is 11.3 Å². The standard InChI is InChI=1S/C67H102N14O19S2/c1-8-40(3)48-36-56(85)54(32-43-16-12-10-13-17-43)79-65(92)49(22-26-68-6)77-64(91)52(25-31-74-67(94)59(42(5)83)81-66(93)51(24-29-72-39-102(98,99)100)78-63(90)50(76-62(48)89)23-28-70-9-2)75-61(88)47(37-69-7)35-57(86)58(41(4)82)80-60(87)46(20-27-71-38-101(95,96)97)34-55(84)45-21-30-73-53(33-45)44-18-14-11-15-19-44/h10-19,21,30,33,40-42,46-52,54,58-59,68-72,82-83H,8-9,20,22-29,31-32,34-39H2,1-7H3,(H,74,94)(H,75,88)(H,76,89)(H,77,91)(H,78,90)(H,79,92)(H,80,87)(H,81,93)(H,95,96,97)(H,98,99,100)/t40-,41+,42+,46+,47-,48-,49-,50-,51-,52-,54+,58-,59-/m0/s1. The molecule has 8 amide bonds. The highest BCUT2D eigenvalue weighted by atomic mass is 32.2. The molecule has 0 bridgehead atoms. The maximum absolute atomic E-state index is 14.9. The van der Waals surface area contributed by atoms with Gasteiger partial charge in [0.05, 0.1) is 29.9 Å². The third-order valence-corrected chi connectivity index (χ3v) is 18.3. The van der Waals surface area contributed by atoms with Gasteiger partial charge in [-0.3, -0.25) is 66.8 Å². The maximum Gasteiger partial charge on any atom is 0.278 e. The van der Waals surface area contributed by atoms with E-state index in [0.717, 1.165) is 6.92 Å². The lowest BCUT2D eigenvalue weighted by molar-refractivity contribution is -0.137. The summed E-state index contributed by atoms with van der Waals surface area (Å²) in [6.07, 6.45) is -4.69. The zero-order valence-corrected chi connectivity index (χ0v) is 60.3. The average Bonchev–Trinajstić information content (AvgIpc) is 1.51. The molecule has 2 heterocycles. The Hall–Kier alpha value is -8.10. The molecule has 0 spiro atoms. The molecule has 0 unspecified atom stereocenters. The minimum absolute atomic E-state index is 0.0589. The number of ketones is 3. The summed E-state index contributed by atoms with van der Waals surface area (Å²) in [4.78, 5) is 164. The Kier molecular flexibility index (Phi) is 37.0. The van der Waals surface area contributed by atoms with Crippen LogP contribution in [0.4, 0.5) is 0 Å². The van der Waals surface area contributed by atoms with E-state index in [9.17, 15) is 88.9 Å². The number of benzene rings is 2. The van der Waals surface area contributed by atoms with E-state index < -0.39 is 213 Å². The molecule has 17 N–H and O–H groups in total. The van der Waals surface area contributed by atoms with Crippen LogP contribution in [0.15, 0.2) is 79.0 Å². The van der Waals surface area contributed by atoms with E-state index >= 15 is 0 Å². The van der Waals surface area contributed by atoms with Gasteiger partial charge in [0.1, 0.15) is 48.0 Å². The van der Waals surface area contributed by atoms with Gasteiger partial charge in [-0.2, -0.15) is 16.8 Å². The second kappa shape index (κ2) is 43.8. The summed E-state index contributed by atoms with van der Waals surface area (Å²) < 4.78 is 65.1. The van der Waals surface area contributed by atoms with Crippen molar-refractivity contribution in [3.8, 4) is 11.3 Å². The van der Waals surface area contributed by atoms with E-state index in [1.807, 2.05) is 0 Å². The second-order valence-electron chi connectivity index (χ2n) is 25.3. The van der Waals surface area contributed by atoms with Crippen molar-refractivity contribution in [3.05, 3.63) is 90.1 Å². The lowest BCUT2D eigenvalue weighted by atomic mass is 9.84. The summed E-state index contributed by atoms with van der Waals surface area (Å²) in [5.41, 5.74) is 1.89. The highest BCUT2D eigenvalue weighted by Crippen LogP contribution is 2.24. The fourth-order valence-corrected chi connectivity index (χ4v) is 12.0. The normalized spacial score (nSPS) is 21.4. The van der Waals surface area contributed by atoms with Gasteiger partial charge in [0.25, 0.3) is 20.2 Å². The molecule has 33 nitrogen and oxygen atoms in total. The quantitative estimate of drug-likeness (QED) is 0.0163. The molecule has 102 heavy (non-hydrogen) atoms. The first-order valence-electron chi connectivity index (χ1n) is 34.0. The predicted octanol–water partition coefficient (Wildman–Crippen LogP) is -2.47.